The second-order valence-electron chi connectivity index (χ2n) is 4.10. The van der Waals surface area contributed by atoms with E-state index in [1.165, 1.54) is 31.0 Å². The zero-order chi connectivity index (χ0) is 12.5. The first kappa shape index (κ1) is 13.7. The van der Waals surface area contributed by atoms with E-state index >= 15 is 0 Å². The molecule has 1 rings (SSSR count). The minimum Gasteiger partial charge on any atom is -0.426 e. The highest BCUT2D eigenvalue weighted by atomic mass is 19.1. The van der Waals surface area contributed by atoms with Crippen LogP contribution >= 0.6 is 0 Å². The molecule has 0 saturated heterocycles. The normalized spacial score (nSPS) is 10.2. The Kier molecular flexibility index (Phi) is 6.30. The molecule has 0 radical (unpaired) electrons. The maximum absolute atomic E-state index is 12.8. The molecule has 0 aromatic heterocycles. The number of hydrogen-bond donors (Lipinski definition) is 0. The third-order valence-corrected chi connectivity index (χ3v) is 2.51. The van der Waals surface area contributed by atoms with Gasteiger partial charge in [-0.15, -0.1) is 0 Å². The number of benzene rings is 1. The van der Waals surface area contributed by atoms with Crippen molar-refractivity contribution >= 4 is 5.97 Å². The maximum Gasteiger partial charge on any atom is 0.311 e. The molecule has 3 heteroatoms. The minimum atomic E-state index is -0.391. The molecule has 1 aromatic rings. The summed E-state index contributed by atoms with van der Waals surface area (Å²) in [4.78, 5) is 11.4. The van der Waals surface area contributed by atoms with E-state index in [0.717, 1.165) is 19.3 Å². The topological polar surface area (TPSA) is 26.3 Å². The van der Waals surface area contributed by atoms with E-state index < -0.39 is 5.82 Å². The number of carbonyl (C=O) groups excluding carboxylic acids is 1. The monoisotopic (exact) mass is 238 g/mol. The van der Waals surface area contributed by atoms with Crippen molar-refractivity contribution in [2.24, 2.45) is 0 Å². The van der Waals surface area contributed by atoms with E-state index in [1.807, 2.05) is 0 Å². The van der Waals surface area contributed by atoms with Gasteiger partial charge in [0, 0.05) is 12.5 Å². The lowest BCUT2D eigenvalue weighted by molar-refractivity contribution is -0.134. The van der Waals surface area contributed by atoms with Gasteiger partial charge in [-0.1, -0.05) is 38.7 Å². The van der Waals surface area contributed by atoms with E-state index in [-0.39, 0.29) is 11.7 Å². The molecule has 0 aliphatic carbocycles. The van der Waals surface area contributed by atoms with Gasteiger partial charge >= 0.3 is 5.97 Å². The second kappa shape index (κ2) is 7.82. The molecule has 2 nitrogen and oxygen atoms in total. The Morgan fingerprint density at radius 1 is 1.24 bits per heavy atom. The number of rotatable bonds is 7. The van der Waals surface area contributed by atoms with Crippen molar-refractivity contribution in [3.8, 4) is 5.75 Å². The SMILES string of the molecule is CCCCCCCC(=O)Oc1cccc(F)c1. The fourth-order valence-corrected chi connectivity index (χ4v) is 1.59. The second-order valence-corrected chi connectivity index (χ2v) is 4.10. The molecule has 0 unspecified atom stereocenters. The third kappa shape index (κ3) is 6.05. The van der Waals surface area contributed by atoms with E-state index in [4.69, 9.17) is 4.74 Å². The molecule has 0 spiro atoms. The molecule has 94 valence electrons. The molecule has 0 saturated carbocycles. The molecular formula is C14H19FO2. The van der Waals surface area contributed by atoms with Crippen LogP contribution in [0.2, 0.25) is 0 Å². The molecular weight excluding hydrogens is 219 g/mol. The van der Waals surface area contributed by atoms with Gasteiger partial charge in [-0.05, 0) is 18.6 Å². The number of unbranched alkanes of at least 4 members (excludes halogenated alkanes) is 4. The van der Waals surface area contributed by atoms with Gasteiger partial charge in [-0.2, -0.15) is 0 Å². The Bertz CT molecular complexity index is 350. The van der Waals surface area contributed by atoms with Gasteiger partial charge in [0.25, 0.3) is 0 Å². The quantitative estimate of drug-likeness (QED) is 0.406. The van der Waals surface area contributed by atoms with Gasteiger partial charge in [0.15, 0.2) is 0 Å². The molecule has 0 aliphatic rings. The summed E-state index contributed by atoms with van der Waals surface area (Å²) in [7, 11) is 0. The van der Waals surface area contributed by atoms with Crippen molar-refractivity contribution in [1.29, 1.82) is 0 Å². The van der Waals surface area contributed by atoms with Crippen molar-refractivity contribution < 1.29 is 13.9 Å². The summed E-state index contributed by atoms with van der Waals surface area (Å²) >= 11 is 0. The Morgan fingerprint density at radius 3 is 2.71 bits per heavy atom. The van der Waals surface area contributed by atoms with Crippen molar-refractivity contribution in [2.75, 3.05) is 0 Å². The Labute approximate surface area is 102 Å². The molecule has 0 aliphatic heterocycles. The van der Waals surface area contributed by atoms with Gasteiger partial charge in [0.2, 0.25) is 0 Å². The van der Waals surface area contributed by atoms with Crippen LogP contribution in [0.4, 0.5) is 4.39 Å². The van der Waals surface area contributed by atoms with Crippen LogP contribution < -0.4 is 4.74 Å². The molecule has 0 heterocycles. The Hall–Kier alpha value is -1.38. The summed E-state index contributed by atoms with van der Waals surface area (Å²) < 4.78 is 17.8. The molecule has 0 amide bonds. The first-order valence-corrected chi connectivity index (χ1v) is 6.18. The van der Waals surface area contributed by atoms with Gasteiger partial charge in [0.05, 0.1) is 0 Å². The Morgan fingerprint density at radius 2 is 2.00 bits per heavy atom. The molecule has 0 N–H and O–H groups in total. The van der Waals surface area contributed by atoms with Crippen LogP contribution in [0, 0.1) is 5.82 Å². The van der Waals surface area contributed by atoms with Crippen molar-refractivity contribution in [1.82, 2.24) is 0 Å². The highest BCUT2D eigenvalue weighted by Crippen LogP contribution is 2.13. The Balaban J connectivity index is 2.21. The first-order chi connectivity index (χ1) is 8.22. The fraction of sp³-hybridized carbons (Fsp3) is 0.500. The smallest absolute Gasteiger partial charge is 0.311 e. The largest absolute Gasteiger partial charge is 0.426 e. The van der Waals surface area contributed by atoms with Crippen LogP contribution in [-0.2, 0) is 4.79 Å². The molecule has 0 bridgehead atoms. The molecule has 0 atom stereocenters. The van der Waals surface area contributed by atoms with Crippen molar-refractivity contribution in [3.63, 3.8) is 0 Å². The summed E-state index contributed by atoms with van der Waals surface area (Å²) in [5.74, 6) is -0.395. The van der Waals surface area contributed by atoms with Gasteiger partial charge in [-0.3, -0.25) is 4.79 Å². The summed E-state index contributed by atoms with van der Waals surface area (Å²) in [5, 5.41) is 0. The third-order valence-electron chi connectivity index (χ3n) is 2.51. The summed E-state index contributed by atoms with van der Waals surface area (Å²) in [6.45, 7) is 2.15. The van der Waals surface area contributed by atoms with Crippen LogP contribution in [0.3, 0.4) is 0 Å². The van der Waals surface area contributed by atoms with E-state index in [1.54, 1.807) is 6.07 Å². The minimum absolute atomic E-state index is 0.281. The van der Waals surface area contributed by atoms with E-state index in [0.29, 0.717) is 6.42 Å². The van der Waals surface area contributed by atoms with Crippen molar-refractivity contribution in [2.45, 2.75) is 45.4 Å². The van der Waals surface area contributed by atoms with Crippen LogP contribution in [0.25, 0.3) is 0 Å². The average molecular weight is 238 g/mol. The lowest BCUT2D eigenvalue weighted by atomic mass is 10.1. The summed E-state index contributed by atoms with van der Waals surface area (Å²) in [6.07, 6.45) is 5.84. The van der Waals surface area contributed by atoms with Crippen molar-refractivity contribution in [3.05, 3.63) is 30.1 Å². The van der Waals surface area contributed by atoms with Gasteiger partial charge in [-0.25, -0.2) is 4.39 Å². The number of ether oxygens (including phenoxy) is 1. The molecule has 0 fully saturated rings. The number of halogens is 1. The zero-order valence-electron chi connectivity index (χ0n) is 10.2. The lowest BCUT2D eigenvalue weighted by Crippen LogP contribution is -2.07. The lowest BCUT2D eigenvalue weighted by Gasteiger charge is -2.04. The molecule has 17 heavy (non-hydrogen) atoms. The summed E-state index contributed by atoms with van der Waals surface area (Å²) in [6, 6.07) is 5.65. The van der Waals surface area contributed by atoms with Crippen LogP contribution in [0.15, 0.2) is 24.3 Å². The van der Waals surface area contributed by atoms with Gasteiger partial charge < -0.3 is 4.74 Å². The van der Waals surface area contributed by atoms with Crippen LogP contribution in [0.5, 0.6) is 5.75 Å². The molecule has 1 aromatic carbocycles. The predicted octanol–water partition coefficient (Wildman–Crippen LogP) is 4.09. The predicted molar refractivity (Wildman–Crippen MR) is 65.4 cm³/mol. The highest BCUT2D eigenvalue weighted by molar-refractivity contribution is 5.72. The average Bonchev–Trinajstić information content (AvgIpc) is 2.29. The zero-order valence-corrected chi connectivity index (χ0v) is 10.2. The number of hydrogen-bond acceptors (Lipinski definition) is 2. The van der Waals surface area contributed by atoms with Crippen LogP contribution in [-0.4, -0.2) is 5.97 Å². The van der Waals surface area contributed by atoms with Gasteiger partial charge in [0.1, 0.15) is 11.6 Å². The standard InChI is InChI=1S/C14H19FO2/c1-2-3-4-5-6-10-14(16)17-13-9-7-8-12(15)11-13/h7-9,11H,2-6,10H2,1H3. The fourth-order valence-electron chi connectivity index (χ4n) is 1.59. The van der Waals surface area contributed by atoms with E-state index in [2.05, 4.69) is 6.92 Å². The van der Waals surface area contributed by atoms with E-state index in [9.17, 15) is 9.18 Å². The number of carbonyl (C=O) groups is 1. The maximum atomic E-state index is 12.8. The number of esters is 1. The summed E-state index contributed by atoms with van der Waals surface area (Å²) in [5.41, 5.74) is 0. The highest BCUT2D eigenvalue weighted by Gasteiger charge is 2.05. The first-order valence-electron chi connectivity index (χ1n) is 6.18. The van der Waals surface area contributed by atoms with Crippen LogP contribution in [0.1, 0.15) is 45.4 Å².